The van der Waals surface area contributed by atoms with E-state index < -0.39 is 0 Å². The van der Waals surface area contributed by atoms with E-state index in [9.17, 15) is 4.79 Å². The minimum absolute atomic E-state index is 0.0714. The lowest BCUT2D eigenvalue weighted by Gasteiger charge is -2.43. The van der Waals surface area contributed by atoms with Crippen LogP contribution in [-0.4, -0.2) is 50.8 Å². The van der Waals surface area contributed by atoms with E-state index in [1.54, 1.807) is 12.1 Å². The molecule has 0 N–H and O–H groups in total. The van der Waals surface area contributed by atoms with E-state index in [1.165, 1.54) is 32.1 Å². The van der Waals surface area contributed by atoms with Gasteiger partial charge in [0.2, 0.25) is 0 Å². The molecule has 2 fully saturated rings. The second-order valence-corrected chi connectivity index (χ2v) is 7.47. The molecule has 0 amide bonds. The molecule has 0 atom stereocenters. The molecule has 1 aliphatic heterocycles. The summed E-state index contributed by atoms with van der Waals surface area (Å²) in [5.74, 6) is 0.634. The molecule has 0 spiro atoms. The fourth-order valence-electron chi connectivity index (χ4n) is 4.57. The maximum Gasteiger partial charge on any atom is 0.338 e. The summed E-state index contributed by atoms with van der Waals surface area (Å²) in [4.78, 5) is 14.5. The van der Waals surface area contributed by atoms with Crippen molar-refractivity contribution in [2.24, 2.45) is 0 Å². The zero-order chi connectivity index (χ0) is 18.7. The predicted octanol–water partition coefficient (Wildman–Crippen LogP) is 3.09. The summed E-state index contributed by atoms with van der Waals surface area (Å²) in [5.41, 5.74) is 1.35. The number of hydrogen-bond donors (Lipinski definition) is 0. The van der Waals surface area contributed by atoms with Gasteiger partial charge in [-0.05, 0) is 80.4 Å². The SMILES string of the molecule is CCOC(=O)c1ccc(-n2nnnc2C2(N3CCCC3)CCCCC2)cc1. The number of rotatable bonds is 5. The van der Waals surface area contributed by atoms with Crippen molar-refractivity contribution in [3.8, 4) is 5.69 Å². The molecule has 7 nitrogen and oxygen atoms in total. The number of nitrogens with zero attached hydrogens (tertiary/aromatic N) is 5. The van der Waals surface area contributed by atoms with Crippen LogP contribution in [0, 0.1) is 0 Å². The molecule has 0 radical (unpaired) electrons. The highest BCUT2D eigenvalue weighted by Gasteiger charge is 2.44. The van der Waals surface area contributed by atoms with E-state index in [0.717, 1.165) is 37.4 Å². The van der Waals surface area contributed by atoms with Crippen LogP contribution in [-0.2, 0) is 10.3 Å². The van der Waals surface area contributed by atoms with Crippen LogP contribution in [0.5, 0.6) is 0 Å². The molecule has 0 bridgehead atoms. The Morgan fingerprint density at radius 2 is 1.78 bits per heavy atom. The molecule has 2 aliphatic rings. The van der Waals surface area contributed by atoms with E-state index in [4.69, 9.17) is 4.74 Å². The zero-order valence-electron chi connectivity index (χ0n) is 15.9. The maximum atomic E-state index is 11.9. The molecule has 2 aromatic rings. The molecule has 1 saturated carbocycles. The number of hydrogen-bond acceptors (Lipinski definition) is 6. The standard InChI is InChI=1S/C20H27N5O2/c1-2-27-18(26)16-8-10-17(11-9-16)25-19(21-22-23-25)20(12-4-3-5-13-20)24-14-6-7-15-24/h8-11H,2-7,12-15H2,1H3. The number of esters is 1. The van der Waals surface area contributed by atoms with Crippen molar-refractivity contribution in [1.29, 1.82) is 0 Å². The quantitative estimate of drug-likeness (QED) is 0.754. The third-order valence-electron chi connectivity index (χ3n) is 5.90. The van der Waals surface area contributed by atoms with Crippen LogP contribution in [0.15, 0.2) is 24.3 Å². The van der Waals surface area contributed by atoms with Gasteiger partial charge in [-0.1, -0.05) is 19.3 Å². The van der Waals surface area contributed by atoms with Crippen LogP contribution < -0.4 is 0 Å². The lowest BCUT2D eigenvalue weighted by atomic mass is 9.79. The van der Waals surface area contributed by atoms with Gasteiger partial charge in [-0.2, -0.15) is 4.68 Å². The smallest absolute Gasteiger partial charge is 0.338 e. The Morgan fingerprint density at radius 3 is 2.44 bits per heavy atom. The summed E-state index contributed by atoms with van der Waals surface area (Å²) >= 11 is 0. The second kappa shape index (κ2) is 7.76. The van der Waals surface area contributed by atoms with E-state index >= 15 is 0 Å². The Hall–Kier alpha value is -2.28. The molecule has 2 heterocycles. The van der Waals surface area contributed by atoms with Crippen LogP contribution in [0.25, 0.3) is 5.69 Å². The normalized spacial score (nSPS) is 19.9. The van der Waals surface area contributed by atoms with Crippen molar-refractivity contribution < 1.29 is 9.53 Å². The molecule has 7 heteroatoms. The first-order valence-electron chi connectivity index (χ1n) is 10.1. The van der Waals surface area contributed by atoms with Crippen LogP contribution >= 0.6 is 0 Å². The summed E-state index contributed by atoms with van der Waals surface area (Å²) in [5, 5.41) is 12.8. The van der Waals surface area contributed by atoms with Crippen molar-refractivity contribution >= 4 is 5.97 Å². The van der Waals surface area contributed by atoms with Gasteiger partial charge in [0.25, 0.3) is 0 Å². The number of ether oxygens (including phenoxy) is 1. The van der Waals surface area contributed by atoms with E-state index in [1.807, 2.05) is 23.7 Å². The number of carbonyl (C=O) groups excluding carboxylic acids is 1. The van der Waals surface area contributed by atoms with Crippen molar-refractivity contribution in [3.63, 3.8) is 0 Å². The van der Waals surface area contributed by atoms with Gasteiger partial charge in [0.15, 0.2) is 5.82 Å². The molecule has 144 valence electrons. The highest BCUT2D eigenvalue weighted by Crippen LogP contribution is 2.43. The van der Waals surface area contributed by atoms with E-state index in [0.29, 0.717) is 12.2 Å². The zero-order valence-corrected chi connectivity index (χ0v) is 15.9. The van der Waals surface area contributed by atoms with Crippen LogP contribution in [0.2, 0.25) is 0 Å². The van der Waals surface area contributed by atoms with E-state index in [2.05, 4.69) is 20.4 Å². The number of tetrazole rings is 1. The van der Waals surface area contributed by atoms with Gasteiger partial charge in [0.05, 0.1) is 23.4 Å². The highest BCUT2D eigenvalue weighted by molar-refractivity contribution is 5.89. The van der Waals surface area contributed by atoms with Gasteiger partial charge >= 0.3 is 5.97 Å². The maximum absolute atomic E-state index is 11.9. The minimum Gasteiger partial charge on any atom is -0.462 e. The van der Waals surface area contributed by atoms with Gasteiger partial charge < -0.3 is 4.74 Å². The fourth-order valence-corrected chi connectivity index (χ4v) is 4.57. The predicted molar refractivity (Wildman–Crippen MR) is 101 cm³/mol. The van der Waals surface area contributed by atoms with E-state index in [-0.39, 0.29) is 11.5 Å². The lowest BCUT2D eigenvalue weighted by Crippen LogP contribution is -2.47. The van der Waals surface area contributed by atoms with Gasteiger partial charge in [0.1, 0.15) is 0 Å². The van der Waals surface area contributed by atoms with Gasteiger partial charge in [-0.3, -0.25) is 4.90 Å². The number of aromatic nitrogens is 4. The summed E-state index contributed by atoms with van der Waals surface area (Å²) in [6.45, 7) is 4.42. The largest absolute Gasteiger partial charge is 0.462 e. The summed E-state index contributed by atoms with van der Waals surface area (Å²) in [6.07, 6.45) is 8.42. The lowest BCUT2D eigenvalue weighted by molar-refractivity contribution is 0.0526. The molecular formula is C20H27N5O2. The minimum atomic E-state index is -0.304. The average molecular weight is 369 g/mol. The monoisotopic (exact) mass is 369 g/mol. The summed E-state index contributed by atoms with van der Waals surface area (Å²) in [6, 6.07) is 7.35. The van der Waals surface area contributed by atoms with Gasteiger partial charge in [-0.15, -0.1) is 5.10 Å². The topological polar surface area (TPSA) is 73.1 Å². The number of benzene rings is 1. The van der Waals surface area contributed by atoms with Crippen molar-refractivity contribution in [3.05, 3.63) is 35.7 Å². The fraction of sp³-hybridized carbons (Fsp3) is 0.600. The molecular weight excluding hydrogens is 342 g/mol. The molecule has 27 heavy (non-hydrogen) atoms. The van der Waals surface area contributed by atoms with Crippen LogP contribution in [0.4, 0.5) is 0 Å². The Bertz CT molecular complexity index is 774. The summed E-state index contributed by atoms with van der Waals surface area (Å²) in [7, 11) is 0. The number of likely N-dealkylation sites (tertiary alicyclic amines) is 1. The molecule has 1 saturated heterocycles. The van der Waals surface area contributed by atoms with Gasteiger partial charge in [-0.25, -0.2) is 4.79 Å². The van der Waals surface area contributed by atoms with Crippen LogP contribution in [0.3, 0.4) is 0 Å². The Morgan fingerprint density at radius 1 is 1.07 bits per heavy atom. The molecule has 4 rings (SSSR count). The highest BCUT2D eigenvalue weighted by atomic mass is 16.5. The second-order valence-electron chi connectivity index (χ2n) is 7.47. The van der Waals surface area contributed by atoms with Crippen molar-refractivity contribution in [2.45, 2.75) is 57.4 Å². The van der Waals surface area contributed by atoms with Gasteiger partial charge in [0, 0.05) is 0 Å². The molecule has 1 aromatic carbocycles. The average Bonchev–Trinajstić information content (AvgIpc) is 3.41. The first-order chi connectivity index (χ1) is 13.2. The molecule has 1 aliphatic carbocycles. The Balaban J connectivity index is 1.68. The Labute approximate surface area is 159 Å². The van der Waals surface area contributed by atoms with Crippen molar-refractivity contribution in [1.82, 2.24) is 25.1 Å². The number of carbonyl (C=O) groups is 1. The first kappa shape index (κ1) is 18.1. The molecule has 0 unspecified atom stereocenters. The van der Waals surface area contributed by atoms with Crippen LogP contribution in [0.1, 0.15) is 68.1 Å². The van der Waals surface area contributed by atoms with Crippen molar-refractivity contribution in [2.75, 3.05) is 19.7 Å². The first-order valence-corrected chi connectivity index (χ1v) is 10.1. The molecule has 1 aromatic heterocycles. The third-order valence-corrected chi connectivity index (χ3v) is 5.90. The summed E-state index contributed by atoms with van der Waals surface area (Å²) < 4.78 is 6.93. The third kappa shape index (κ3) is 3.36. The Kier molecular flexibility index (Phi) is 5.20.